The van der Waals surface area contributed by atoms with Crippen molar-refractivity contribution in [3.05, 3.63) is 59.7 Å². The van der Waals surface area contributed by atoms with Gasteiger partial charge in [-0.2, -0.15) is 0 Å². The Hall–Kier alpha value is -2.73. The summed E-state index contributed by atoms with van der Waals surface area (Å²) in [4.78, 5) is 4.41. The van der Waals surface area contributed by atoms with Crippen molar-refractivity contribution < 1.29 is 14.2 Å². The predicted octanol–water partition coefficient (Wildman–Crippen LogP) is 3.16. The van der Waals surface area contributed by atoms with Gasteiger partial charge in [-0.05, 0) is 42.5 Å². The number of rotatable bonds is 8. The van der Waals surface area contributed by atoms with Gasteiger partial charge in [0.1, 0.15) is 0 Å². The maximum atomic E-state index is 5.64. The summed E-state index contributed by atoms with van der Waals surface area (Å²) in [6.07, 6.45) is 2.87. The van der Waals surface area contributed by atoms with E-state index < -0.39 is 0 Å². The van der Waals surface area contributed by atoms with E-state index in [1.165, 1.54) is 11.1 Å². The third kappa shape index (κ3) is 5.45. The third-order valence-electron chi connectivity index (χ3n) is 5.81. The summed E-state index contributed by atoms with van der Waals surface area (Å²) in [5, 5.41) is 6.97. The Balaban J connectivity index is 1.56. The average molecular weight is 412 g/mol. The molecular weight excluding hydrogens is 378 g/mol. The van der Waals surface area contributed by atoms with Crippen LogP contribution in [0.15, 0.2) is 53.5 Å². The van der Waals surface area contributed by atoms with Crippen molar-refractivity contribution in [3.63, 3.8) is 0 Å². The van der Waals surface area contributed by atoms with Crippen molar-refractivity contribution in [2.24, 2.45) is 4.99 Å². The summed E-state index contributed by atoms with van der Waals surface area (Å²) in [5.41, 5.74) is 2.61. The normalized spacial score (nSPS) is 16.0. The fourth-order valence-electron chi connectivity index (χ4n) is 3.96. The topological polar surface area (TPSA) is 64.1 Å². The highest BCUT2D eigenvalue weighted by Crippen LogP contribution is 2.34. The van der Waals surface area contributed by atoms with Crippen LogP contribution in [0.2, 0.25) is 0 Å². The lowest BCUT2D eigenvalue weighted by molar-refractivity contribution is 0.0514. The molecule has 6 nitrogen and oxygen atoms in total. The molecule has 1 saturated heterocycles. The second-order valence-corrected chi connectivity index (χ2v) is 7.55. The lowest BCUT2D eigenvalue weighted by Gasteiger charge is -2.38. The zero-order valence-electron chi connectivity index (χ0n) is 18.2. The maximum Gasteiger partial charge on any atom is 0.191 e. The molecule has 0 unspecified atom stereocenters. The fourth-order valence-corrected chi connectivity index (χ4v) is 3.96. The molecule has 2 aromatic rings. The molecule has 0 radical (unpaired) electrons. The SMILES string of the molecule is CN=C(NCCc1ccc(OC)c(OC)c1)NCC1(c2ccccc2)CCOCC1. The maximum absolute atomic E-state index is 5.64. The molecule has 162 valence electrons. The van der Waals surface area contributed by atoms with Crippen LogP contribution in [0.4, 0.5) is 0 Å². The molecule has 0 bridgehead atoms. The van der Waals surface area contributed by atoms with Crippen LogP contribution < -0.4 is 20.1 Å². The molecule has 2 N–H and O–H groups in total. The molecule has 3 rings (SSSR count). The van der Waals surface area contributed by atoms with Gasteiger partial charge in [-0.15, -0.1) is 0 Å². The Kier molecular flexibility index (Phi) is 7.97. The first-order chi connectivity index (χ1) is 14.7. The quantitative estimate of drug-likeness (QED) is 0.516. The van der Waals surface area contributed by atoms with E-state index >= 15 is 0 Å². The number of hydrogen-bond donors (Lipinski definition) is 2. The van der Waals surface area contributed by atoms with Gasteiger partial charge in [0.2, 0.25) is 0 Å². The van der Waals surface area contributed by atoms with Gasteiger partial charge in [0.15, 0.2) is 17.5 Å². The second kappa shape index (κ2) is 10.9. The number of nitrogens with zero attached hydrogens (tertiary/aromatic N) is 1. The minimum atomic E-state index is 0.0699. The molecule has 1 aliphatic rings. The Morgan fingerprint density at radius 3 is 2.40 bits per heavy atom. The molecule has 1 aliphatic heterocycles. The summed E-state index contributed by atoms with van der Waals surface area (Å²) in [5.74, 6) is 2.31. The van der Waals surface area contributed by atoms with Crippen molar-refractivity contribution in [1.29, 1.82) is 0 Å². The van der Waals surface area contributed by atoms with Crippen LogP contribution in [0.3, 0.4) is 0 Å². The molecule has 0 spiro atoms. The number of hydrogen-bond acceptors (Lipinski definition) is 4. The van der Waals surface area contributed by atoms with Gasteiger partial charge in [-0.25, -0.2) is 0 Å². The van der Waals surface area contributed by atoms with Gasteiger partial charge in [0, 0.05) is 38.8 Å². The van der Waals surface area contributed by atoms with Crippen molar-refractivity contribution in [2.75, 3.05) is 47.6 Å². The van der Waals surface area contributed by atoms with E-state index in [9.17, 15) is 0 Å². The van der Waals surface area contributed by atoms with Gasteiger partial charge < -0.3 is 24.8 Å². The summed E-state index contributed by atoms with van der Waals surface area (Å²) < 4.78 is 16.3. The third-order valence-corrected chi connectivity index (χ3v) is 5.81. The molecule has 0 saturated carbocycles. The van der Waals surface area contributed by atoms with Gasteiger partial charge in [-0.3, -0.25) is 4.99 Å². The fraction of sp³-hybridized carbons (Fsp3) is 0.458. The van der Waals surface area contributed by atoms with Crippen LogP contribution >= 0.6 is 0 Å². The van der Waals surface area contributed by atoms with E-state index in [1.807, 2.05) is 19.2 Å². The molecular formula is C24H33N3O3. The first-order valence-electron chi connectivity index (χ1n) is 10.5. The van der Waals surface area contributed by atoms with Crippen LogP contribution in [-0.4, -0.2) is 53.5 Å². The first-order valence-corrected chi connectivity index (χ1v) is 10.5. The number of guanidine groups is 1. The van der Waals surface area contributed by atoms with Gasteiger partial charge in [0.25, 0.3) is 0 Å². The van der Waals surface area contributed by atoms with Crippen molar-refractivity contribution in [2.45, 2.75) is 24.7 Å². The first kappa shape index (κ1) is 22.0. The van der Waals surface area contributed by atoms with Crippen LogP contribution in [0, 0.1) is 0 Å². The number of ether oxygens (including phenoxy) is 3. The monoisotopic (exact) mass is 411 g/mol. The Bertz CT molecular complexity index is 818. The molecule has 1 fully saturated rings. The predicted molar refractivity (Wildman–Crippen MR) is 121 cm³/mol. The number of nitrogens with one attached hydrogen (secondary N) is 2. The molecule has 0 atom stereocenters. The minimum Gasteiger partial charge on any atom is -0.493 e. The Labute approximate surface area is 179 Å². The van der Waals surface area contributed by atoms with E-state index in [-0.39, 0.29) is 5.41 Å². The lowest BCUT2D eigenvalue weighted by atomic mass is 9.74. The van der Waals surface area contributed by atoms with Crippen molar-refractivity contribution in [1.82, 2.24) is 10.6 Å². The average Bonchev–Trinajstić information content (AvgIpc) is 2.82. The highest BCUT2D eigenvalue weighted by molar-refractivity contribution is 5.79. The van der Waals surface area contributed by atoms with Crippen LogP contribution in [0.25, 0.3) is 0 Å². The van der Waals surface area contributed by atoms with Crippen molar-refractivity contribution in [3.8, 4) is 11.5 Å². The standard InChI is InChI=1S/C24H33N3O3/c1-25-23(26-14-11-19-9-10-21(28-2)22(17-19)29-3)27-18-24(12-15-30-16-13-24)20-7-5-4-6-8-20/h4-10,17H,11-16,18H2,1-3H3,(H2,25,26,27). The minimum absolute atomic E-state index is 0.0699. The Morgan fingerprint density at radius 1 is 1.00 bits per heavy atom. The van der Waals surface area contributed by atoms with E-state index in [0.29, 0.717) is 0 Å². The molecule has 0 aliphatic carbocycles. The second-order valence-electron chi connectivity index (χ2n) is 7.55. The smallest absolute Gasteiger partial charge is 0.191 e. The summed E-state index contributed by atoms with van der Waals surface area (Å²) >= 11 is 0. The van der Waals surface area contributed by atoms with Gasteiger partial charge >= 0.3 is 0 Å². The van der Waals surface area contributed by atoms with Crippen LogP contribution in [0.5, 0.6) is 11.5 Å². The van der Waals surface area contributed by atoms with Crippen LogP contribution in [0.1, 0.15) is 24.0 Å². The largest absolute Gasteiger partial charge is 0.493 e. The zero-order chi connectivity index (χ0) is 21.2. The lowest BCUT2D eigenvalue weighted by Crippen LogP contribution is -2.48. The van der Waals surface area contributed by atoms with E-state index in [0.717, 1.165) is 63.0 Å². The van der Waals surface area contributed by atoms with E-state index in [2.05, 4.69) is 52.0 Å². The molecule has 1 heterocycles. The van der Waals surface area contributed by atoms with Crippen LogP contribution in [-0.2, 0) is 16.6 Å². The molecule has 6 heteroatoms. The number of methoxy groups -OCH3 is 2. The van der Waals surface area contributed by atoms with E-state index in [1.54, 1.807) is 14.2 Å². The highest BCUT2D eigenvalue weighted by atomic mass is 16.5. The van der Waals surface area contributed by atoms with Gasteiger partial charge in [-0.1, -0.05) is 36.4 Å². The number of aliphatic imine (C=N–C) groups is 1. The summed E-state index contributed by atoms with van der Waals surface area (Å²) in [6, 6.07) is 16.8. The number of benzene rings is 2. The Morgan fingerprint density at radius 2 is 1.73 bits per heavy atom. The molecule has 30 heavy (non-hydrogen) atoms. The summed E-state index contributed by atoms with van der Waals surface area (Å²) in [7, 11) is 5.12. The van der Waals surface area contributed by atoms with Crippen molar-refractivity contribution >= 4 is 5.96 Å². The highest BCUT2D eigenvalue weighted by Gasteiger charge is 2.34. The molecule has 2 aromatic carbocycles. The molecule has 0 aromatic heterocycles. The zero-order valence-corrected chi connectivity index (χ0v) is 18.2. The molecule has 0 amide bonds. The summed E-state index contributed by atoms with van der Waals surface area (Å²) in [6.45, 7) is 3.19. The van der Waals surface area contributed by atoms with E-state index in [4.69, 9.17) is 14.2 Å². The van der Waals surface area contributed by atoms with Gasteiger partial charge in [0.05, 0.1) is 14.2 Å².